The molecule has 0 saturated heterocycles. The van der Waals surface area contributed by atoms with Gasteiger partial charge in [0, 0.05) is 24.1 Å². The van der Waals surface area contributed by atoms with Gasteiger partial charge in [0.2, 0.25) is 0 Å². The number of hydrogen-bond donors (Lipinski definition) is 4. The fourth-order valence-corrected chi connectivity index (χ4v) is 3.44. The monoisotopic (exact) mass is 402 g/mol. The fourth-order valence-electron chi connectivity index (χ4n) is 2.76. The van der Waals surface area contributed by atoms with Crippen molar-refractivity contribution in [3.05, 3.63) is 36.0 Å². The fraction of sp³-hybridized carbons (Fsp3) is 0.235. The molecule has 1 aliphatic carbocycles. The van der Waals surface area contributed by atoms with Crippen molar-refractivity contribution < 1.29 is 18.3 Å². The number of rotatable bonds is 6. The van der Waals surface area contributed by atoms with E-state index in [9.17, 15) is 18.3 Å². The van der Waals surface area contributed by atoms with Crippen LogP contribution in [-0.2, 0) is 9.84 Å². The summed E-state index contributed by atoms with van der Waals surface area (Å²) in [6.45, 7) is 0. The largest absolute Gasteiger partial charge is 0.478 e. The molecule has 0 aliphatic heterocycles. The molecule has 3 aromatic rings. The first-order valence-electron chi connectivity index (χ1n) is 8.47. The minimum atomic E-state index is -3.59. The molecule has 2 heterocycles. The molecular weight excluding hydrogens is 384 g/mol. The summed E-state index contributed by atoms with van der Waals surface area (Å²) in [6, 6.07) is 5.91. The normalized spacial score (nSPS) is 14.2. The van der Waals surface area contributed by atoms with Gasteiger partial charge in [-0.1, -0.05) is 0 Å². The molecule has 2 aromatic heterocycles. The Balaban J connectivity index is 1.78. The summed E-state index contributed by atoms with van der Waals surface area (Å²) >= 11 is 0. The van der Waals surface area contributed by atoms with Crippen molar-refractivity contribution in [3.63, 3.8) is 0 Å². The van der Waals surface area contributed by atoms with Gasteiger partial charge in [0.1, 0.15) is 5.82 Å². The van der Waals surface area contributed by atoms with Crippen LogP contribution in [0.25, 0.3) is 5.65 Å². The van der Waals surface area contributed by atoms with Crippen LogP contribution in [0.5, 0.6) is 0 Å². The third-order valence-electron chi connectivity index (χ3n) is 4.29. The number of nitrogen functional groups attached to an aromatic ring is 1. The summed E-state index contributed by atoms with van der Waals surface area (Å²) in [4.78, 5) is 15.5. The lowest BCUT2D eigenvalue weighted by Gasteiger charge is -2.12. The topological polar surface area (TPSA) is 152 Å². The number of hydrogen-bond acceptors (Lipinski definition) is 8. The third kappa shape index (κ3) is 3.56. The molecule has 0 radical (unpaired) electrons. The molecule has 5 N–H and O–H groups in total. The van der Waals surface area contributed by atoms with E-state index >= 15 is 0 Å². The average molecular weight is 402 g/mol. The van der Waals surface area contributed by atoms with Crippen LogP contribution in [0.15, 0.2) is 35.4 Å². The van der Waals surface area contributed by atoms with Gasteiger partial charge in [-0.2, -0.15) is 4.52 Å². The minimum absolute atomic E-state index is 0.102. The van der Waals surface area contributed by atoms with E-state index in [1.54, 1.807) is 6.07 Å². The van der Waals surface area contributed by atoms with Crippen LogP contribution >= 0.6 is 0 Å². The van der Waals surface area contributed by atoms with Crippen molar-refractivity contribution in [1.29, 1.82) is 0 Å². The number of benzene rings is 1. The second kappa shape index (κ2) is 6.37. The lowest BCUT2D eigenvalue weighted by molar-refractivity contribution is 0.0696. The summed E-state index contributed by atoms with van der Waals surface area (Å²) < 4.78 is 25.3. The van der Waals surface area contributed by atoms with Crippen molar-refractivity contribution in [2.45, 2.75) is 23.8 Å². The number of anilines is 4. The van der Waals surface area contributed by atoms with Crippen LogP contribution in [0, 0.1) is 0 Å². The van der Waals surface area contributed by atoms with Gasteiger partial charge in [-0.3, -0.25) is 0 Å². The number of aromatic carboxylic acids is 1. The van der Waals surface area contributed by atoms with E-state index in [0.717, 1.165) is 30.9 Å². The van der Waals surface area contributed by atoms with Gasteiger partial charge in [-0.15, -0.1) is 5.10 Å². The quantitative estimate of drug-likeness (QED) is 0.483. The Bertz CT molecular complexity index is 1200. The van der Waals surface area contributed by atoms with Gasteiger partial charge in [0.15, 0.2) is 21.3 Å². The summed E-state index contributed by atoms with van der Waals surface area (Å²) in [5, 5.41) is 20.0. The SMILES string of the molecule is CS(=O)(=O)c1cc(Nc2cc(NC3CC3)c3ncc(N)n3n2)cc(C(=O)O)c1. The molecule has 10 nitrogen and oxygen atoms in total. The minimum Gasteiger partial charge on any atom is -0.478 e. The van der Waals surface area contributed by atoms with Crippen LogP contribution in [0.3, 0.4) is 0 Å². The average Bonchev–Trinajstić information content (AvgIpc) is 3.35. The van der Waals surface area contributed by atoms with Crippen molar-refractivity contribution in [2.24, 2.45) is 0 Å². The maximum atomic E-state index is 11.9. The van der Waals surface area contributed by atoms with Gasteiger partial charge < -0.3 is 21.5 Å². The summed E-state index contributed by atoms with van der Waals surface area (Å²) in [5.74, 6) is -0.525. The van der Waals surface area contributed by atoms with Crippen molar-refractivity contribution in [3.8, 4) is 0 Å². The number of fused-ring (bicyclic) bond motifs is 1. The number of sulfone groups is 1. The first kappa shape index (κ1) is 18.0. The first-order chi connectivity index (χ1) is 13.2. The molecule has 0 bridgehead atoms. The molecule has 0 amide bonds. The molecule has 4 rings (SSSR count). The zero-order valence-corrected chi connectivity index (χ0v) is 15.7. The highest BCUT2D eigenvalue weighted by atomic mass is 32.2. The number of nitrogens with two attached hydrogens (primary N) is 1. The van der Waals surface area contributed by atoms with E-state index < -0.39 is 15.8 Å². The van der Waals surface area contributed by atoms with E-state index in [0.29, 0.717) is 23.3 Å². The molecule has 146 valence electrons. The highest BCUT2D eigenvalue weighted by Crippen LogP contribution is 2.30. The molecule has 1 saturated carbocycles. The van der Waals surface area contributed by atoms with Crippen molar-refractivity contribution in [1.82, 2.24) is 14.6 Å². The molecule has 1 aliphatic rings. The number of nitrogens with zero attached hydrogens (tertiary/aromatic N) is 3. The number of aromatic nitrogens is 3. The second-order valence-corrected chi connectivity index (χ2v) is 8.74. The van der Waals surface area contributed by atoms with Crippen molar-refractivity contribution >= 4 is 44.5 Å². The van der Waals surface area contributed by atoms with Gasteiger partial charge in [0.25, 0.3) is 0 Å². The van der Waals surface area contributed by atoms with Crippen LogP contribution in [0.4, 0.5) is 23.0 Å². The molecule has 0 spiro atoms. The molecule has 0 atom stereocenters. The Morgan fingerprint density at radius 2 is 2.04 bits per heavy atom. The zero-order valence-electron chi connectivity index (χ0n) is 14.9. The van der Waals surface area contributed by atoms with Gasteiger partial charge in [-0.05, 0) is 31.0 Å². The van der Waals surface area contributed by atoms with Gasteiger partial charge >= 0.3 is 5.97 Å². The van der Waals surface area contributed by atoms with E-state index in [-0.39, 0.29) is 16.1 Å². The summed E-state index contributed by atoms with van der Waals surface area (Å²) in [7, 11) is -3.59. The zero-order chi connectivity index (χ0) is 20.1. The van der Waals surface area contributed by atoms with Crippen LogP contribution in [-0.4, -0.2) is 46.4 Å². The molecular formula is C17H18N6O4S. The molecule has 11 heteroatoms. The molecule has 28 heavy (non-hydrogen) atoms. The Labute approximate surface area is 160 Å². The number of nitrogens with one attached hydrogen (secondary N) is 2. The highest BCUT2D eigenvalue weighted by molar-refractivity contribution is 7.90. The van der Waals surface area contributed by atoms with Crippen molar-refractivity contribution in [2.75, 3.05) is 22.6 Å². The Morgan fingerprint density at radius 1 is 1.29 bits per heavy atom. The number of carboxylic acid groups (broad SMARTS) is 1. The van der Waals surface area contributed by atoms with E-state index in [1.807, 2.05) is 0 Å². The lowest BCUT2D eigenvalue weighted by atomic mass is 10.2. The van der Waals surface area contributed by atoms with E-state index in [2.05, 4.69) is 20.7 Å². The maximum Gasteiger partial charge on any atom is 0.335 e. The standard InChI is InChI=1S/C17H18N6O4S/c1-28(26,27)12-5-9(17(24)25)4-11(6-12)21-15-7-13(20-10-2-3-10)16-19-8-14(18)23(16)22-15/h4-8,10,20H,2-3,18H2,1H3,(H,21,22)(H,24,25). The second-order valence-electron chi connectivity index (χ2n) is 6.73. The maximum absolute atomic E-state index is 11.9. The van der Waals surface area contributed by atoms with E-state index in [1.165, 1.54) is 22.8 Å². The predicted octanol–water partition coefficient (Wildman–Crippen LogP) is 1.73. The van der Waals surface area contributed by atoms with E-state index in [4.69, 9.17) is 5.73 Å². The van der Waals surface area contributed by atoms with Gasteiger partial charge in [0.05, 0.1) is 22.3 Å². The highest BCUT2D eigenvalue weighted by Gasteiger charge is 2.23. The summed E-state index contributed by atoms with van der Waals surface area (Å²) in [5.41, 5.74) is 7.36. The molecule has 1 aromatic carbocycles. The van der Waals surface area contributed by atoms with Crippen LogP contribution in [0.1, 0.15) is 23.2 Å². The third-order valence-corrected chi connectivity index (χ3v) is 5.38. The van der Waals surface area contributed by atoms with Gasteiger partial charge in [-0.25, -0.2) is 18.2 Å². The Morgan fingerprint density at radius 3 is 2.68 bits per heavy atom. The van der Waals surface area contributed by atoms with Crippen LogP contribution < -0.4 is 16.4 Å². The molecule has 0 unspecified atom stereocenters. The summed E-state index contributed by atoms with van der Waals surface area (Å²) in [6.07, 6.45) is 4.64. The molecule has 1 fully saturated rings. The predicted molar refractivity (Wildman–Crippen MR) is 104 cm³/mol. The smallest absolute Gasteiger partial charge is 0.335 e. The number of carbonyl (C=O) groups is 1. The lowest BCUT2D eigenvalue weighted by Crippen LogP contribution is -2.09. The number of carboxylic acids is 1. The van der Waals surface area contributed by atoms with Crippen LogP contribution in [0.2, 0.25) is 0 Å². The number of imidazole rings is 1. The first-order valence-corrected chi connectivity index (χ1v) is 10.4. The Kier molecular flexibility index (Phi) is 4.11. The Hall–Kier alpha value is -3.34.